The Morgan fingerprint density at radius 3 is 2.57 bits per heavy atom. The minimum atomic E-state index is -0.120. The highest BCUT2D eigenvalue weighted by molar-refractivity contribution is 6.35. The summed E-state index contributed by atoms with van der Waals surface area (Å²) in [6, 6.07) is 14.8. The lowest BCUT2D eigenvalue weighted by molar-refractivity contribution is 0.101. The molecule has 1 aromatic heterocycles. The summed E-state index contributed by atoms with van der Waals surface area (Å²) in [4.78, 5) is 12.5. The fraction of sp³-hybridized carbons (Fsp3) is 0.167. The van der Waals surface area contributed by atoms with E-state index in [1.165, 1.54) is 5.56 Å². The predicted molar refractivity (Wildman–Crippen MR) is 85.1 cm³/mol. The molecule has 3 aromatic rings. The summed E-state index contributed by atoms with van der Waals surface area (Å²) in [6.07, 6.45) is 2.12. The van der Waals surface area contributed by atoms with Gasteiger partial charge >= 0.3 is 0 Å². The van der Waals surface area contributed by atoms with Crippen LogP contribution in [-0.2, 0) is 6.42 Å². The van der Waals surface area contributed by atoms with Crippen LogP contribution in [0.5, 0.6) is 0 Å². The largest absolute Gasteiger partial charge is 0.453 e. The molecule has 0 spiro atoms. The van der Waals surface area contributed by atoms with Crippen molar-refractivity contribution in [3.05, 3.63) is 70.4 Å². The molecule has 0 aliphatic heterocycles. The van der Waals surface area contributed by atoms with Crippen LogP contribution in [0.3, 0.4) is 0 Å². The van der Waals surface area contributed by atoms with E-state index in [0.717, 1.165) is 18.2 Å². The predicted octanol–water partition coefficient (Wildman–Crippen LogP) is 5.27. The standard InChI is InChI=1S/C18H15ClO2/c1-2-4-12-7-9-13(10-8-12)18(20)17-11-14-15(19)5-3-6-16(14)21-17/h3,5-11H,2,4H2,1H3. The molecule has 106 valence electrons. The molecule has 1 heterocycles. The normalized spacial score (nSPS) is 11.0. The highest BCUT2D eigenvalue weighted by atomic mass is 35.5. The molecule has 3 heteroatoms. The molecule has 3 rings (SSSR count). The van der Waals surface area contributed by atoms with Gasteiger partial charge in [-0.2, -0.15) is 0 Å². The Bertz CT molecular complexity index is 785. The van der Waals surface area contributed by atoms with Crippen molar-refractivity contribution in [2.75, 3.05) is 0 Å². The highest BCUT2D eigenvalue weighted by Gasteiger charge is 2.15. The summed E-state index contributed by atoms with van der Waals surface area (Å²) >= 11 is 6.11. The average Bonchev–Trinajstić information content (AvgIpc) is 2.93. The number of furan rings is 1. The molecule has 0 aliphatic carbocycles. The molecule has 2 aromatic carbocycles. The molecular formula is C18H15ClO2. The molecule has 0 fully saturated rings. The van der Waals surface area contributed by atoms with Gasteiger partial charge < -0.3 is 4.42 Å². The molecule has 2 nitrogen and oxygen atoms in total. The Morgan fingerprint density at radius 2 is 1.90 bits per heavy atom. The SMILES string of the molecule is CCCc1ccc(C(=O)c2cc3c(Cl)cccc3o2)cc1. The van der Waals surface area contributed by atoms with Crippen LogP contribution in [0, 0.1) is 0 Å². The van der Waals surface area contributed by atoms with E-state index in [9.17, 15) is 4.79 Å². The second kappa shape index (κ2) is 5.74. The fourth-order valence-electron chi connectivity index (χ4n) is 2.39. The smallest absolute Gasteiger partial charge is 0.228 e. The number of halogens is 1. The second-order valence-electron chi connectivity index (χ2n) is 5.04. The van der Waals surface area contributed by atoms with Crippen LogP contribution in [0.4, 0.5) is 0 Å². The molecule has 0 radical (unpaired) electrons. The van der Waals surface area contributed by atoms with Crippen molar-refractivity contribution in [2.24, 2.45) is 0 Å². The van der Waals surface area contributed by atoms with Crippen LogP contribution in [0.2, 0.25) is 5.02 Å². The van der Waals surface area contributed by atoms with Gasteiger partial charge in [-0.15, -0.1) is 0 Å². The van der Waals surface area contributed by atoms with Crippen LogP contribution in [-0.4, -0.2) is 5.78 Å². The first-order chi connectivity index (χ1) is 10.2. The second-order valence-corrected chi connectivity index (χ2v) is 5.45. The number of hydrogen-bond acceptors (Lipinski definition) is 2. The van der Waals surface area contributed by atoms with Gasteiger partial charge in [0.1, 0.15) is 5.58 Å². The first-order valence-corrected chi connectivity index (χ1v) is 7.38. The van der Waals surface area contributed by atoms with Crippen molar-refractivity contribution >= 4 is 28.4 Å². The van der Waals surface area contributed by atoms with Gasteiger partial charge in [0.05, 0.1) is 5.02 Å². The molecule has 0 unspecified atom stereocenters. The Morgan fingerprint density at radius 1 is 1.14 bits per heavy atom. The zero-order chi connectivity index (χ0) is 14.8. The Balaban J connectivity index is 1.94. The Labute approximate surface area is 128 Å². The third-order valence-electron chi connectivity index (χ3n) is 3.49. The topological polar surface area (TPSA) is 30.2 Å². The van der Waals surface area contributed by atoms with Crippen molar-refractivity contribution in [1.82, 2.24) is 0 Å². The molecule has 0 amide bonds. The number of hydrogen-bond donors (Lipinski definition) is 0. The quantitative estimate of drug-likeness (QED) is 0.614. The Kier molecular flexibility index (Phi) is 3.80. The number of fused-ring (bicyclic) bond motifs is 1. The van der Waals surface area contributed by atoms with Crippen LogP contribution in [0.1, 0.15) is 35.0 Å². The number of carbonyl (C=O) groups is 1. The van der Waals surface area contributed by atoms with Crippen molar-refractivity contribution in [1.29, 1.82) is 0 Å². The number of rotatable bonds is 4. The van der Waals surface area contributed by atoms with Crippen molar-refractivity contribution in [2.45, 2.75) is 19.8 Å². The number of ketones is 1. The minimum Gasteiger partial charge on any atom is -0.453 e. The molecule has 0 atom stereocenters. The fourth-order valence-corrected chi connectivity index (χ4v) is 2.61. The van der Waals surface area contributed by atoms with Crippen molar-refractivity contribution < 1.29 is 9.21 Å². The summed E-state index contributed by atoms with van der Waals surface area (Å²) in [5.74, 6) is 0.201. The molecule has 0 aliphatic rings. The molecule has 0 bridgehead atoms. The van der Waals surface area contributed by atoms with E-state index < -0.39 is 0 Å². The summed E-state index contributed by atoms with van der Waals surface area (Å²) in [5, 5.41) is 1.36. The Hall–Kier alpha value is -2.06. The van der Waals surface area contributed by atoms with Gasteiger partial charge in [0.25, 0.3) is 0 Å². The molecule has 21 heavy (non-hydrogen) atoms. The van der Waals surface area contributed by atoms with Crippen LogP contribution < -0.4 is 0 Å². The highest BCUT2D eigenvalue weighted by Crippen LogP contribution is 2.27. The molecule has 0 saturated heterocycles. The molecule has 0 N–H and O–H groups in total. The summed E-state index contributed by atoms with van der Waals surface area (Å²) in [7, 11) is 0. The maximum Gasteiger partial charge on any atom is 0.228 e. The number of aryl methyl sites for hydroxylation is 1. The van der Waals surface area contributed by atoms with Gasteiger partial charge in [0.2, 0.25) is 5.78 Å². The third kappa shape index (κ3) is 2.72. The number of carbonyl (C=O) groups excluding carboxylic acids is 1. The van der Waals surface area contributed by atoms with E-state index in [4.69, 9.17) is 16.0 Å². The molecule has 0 saturated carbocycles. The van der Waals surface area contributed by atoms with E-state index in [0.29, 0.717) is 21.9 Å². The van der Waals surface area contributed by atoms with Gasteiger partial charge in [-0.25, -0.2) is 0 Å². The maximum absolute atomic E-state index is 12.5. The maximum atomic E-state index is 12.5. The summed E-state index contributed by atoms with van der Waals surface area (Å²) < 4.78 is 5.61. The van der Waals surface area contributed by atoms with Crippen LogP contribution >= 0.6 is 11.6 Å². The zero-order valence-corrected chi connectivity index (χ0v) is 12.5. The lowest BCUT2D eigenvalue weighted by atomic mass is 10.0. The molecular weight excluding hydrogens is 284 g/mol. The van der Waals surface area contributed by atoms with Gasteiger partial charge in [-0.1, -0.05) is 55.3 Å². The monoisotopic (exact) mass is 298 g/mol. The van der Waals surface area contributed by atoms with E-state index in [-0.39, 0.29) is 5.78 Å². The third-order valence-corrected chi connectivity index (χ3v) is 3.82. The van der Waals surface area contributed by atoms with E-state index in [1.54, 1.807) is 12.1 Å². The lowest BCUT2D eigenvalue weighted by Gasteiger charge is -2.01. The van der Waals surface area contributed by atoms with E-state index in [1.807, 2.05) is 36.4 Å². The minimum absolute atomic E-state index is 0.120. The van der Waals surface area contributed by atoms with Gasteiger partial charge in [0, 0.05) is 10.9 Å². The van der Waals surface area contributed by atoms with Gasteiger partial charge in [0.15, 0.2) is 5.76 Å². The first kappa shape index (κ1) is 13.9. The van der Waals surface area contributed by atoms with Crippen molar-refractivity contribution in [3.8, 4) is 0 Å². The first-order valence-electron chi connectivity index (χ1n) is 7.00. The van der Waals surface area contributed by atoms with Gasteiger partial charge in [-0.05, 0) is 30.2 Å². The van der Waals surface area contributed by atoms with Crippen LogP contribution in [0.25, 0.3) is 11.0 Å². The van der Waals surface area contributed by atoms with E-state index >= 15 is 0 Å². The zero-order valence-electron chi connectivity index (χ0n) is 11.7. The number of benzene rings is 2. The van der Waals surface area contributed by atoms with Crippen molar-refractivity contribution in [3.63, 3.8) is 0 Å². The van der Waals surface area contributed by atoms with E-state index in [2.05, 4.69) is 6.92 Å². The summed E-state index contributed by atoms with van der Waals surface area (Å²) in [6.45, 7) is 2.14. The summed E-state index contributed by atoms with van der Waals surface area (Å²) in [5.41, 5.74) is 2.50. The lowest BCUT2D eigenvalue weighted by Crippen LogP contribution is -1.99. The van der Waals surface area contributed by atoms with Crippen LogP contribution in [0.15, 0.2) is 52.9 Å². The average molecular weight is 299 g/mol. The van der Waals surface area contributed by atoms with Gasteiger partial charge in [-0.3, -0.25) is 4.79 Å².